The number of benzene rings is 2. The lowest BCUT2D eigenvalue weighted by Crippen LogP contribution is -2.19. The van der Waals surface area contributed by atoms with E-state index < -0.39 is 0 Å². The number of aromatic nitrogens is 3. The minimum Gasteiger partial charge on any atom is -0.497 e. The molecule has 0 saturated heterocycles. The number of anilines is 1. The van der Waals surface area contributed by atoms with Crippen molar-refractivity contribution < 1.29 is 9.53 Å². The minimum atomic E-state index is -0.331. The van der Waals surface area contributed by atoms with Crippen molar-refractivity contribution in [1.29, 1.82) is 0 Å². The predicted octanol–water partition coefficient (Wildman–Crippen LogP) is 3.15. The second-order valence-corrected chi connectivity index (χ2v) is 7.18. The van der Waals surface area contributed by atoms with E-state index in [2.05, 4.69) is 20.5 Å². The Balaban J connectivity index is 1.55. The van der Waals surface area contributed by atoms with Gasteiger partial charge in [0.15, 0.2) is 5.16 Å². The van der Waals surface area contributed by atoms with Gasteiger partial charge in [-0.05, 0) is 42.0 Å². The molecule has 0 bridgehead atoms. The van der Waals surface area contributed by atoms with Gasteiger partial charge < -0.3 is 10.1 Å². The zero-order valence-electron chi connectivity index (χ0n) is 14.9. The first-order chi connectivity index (χ1) is 13.5. The third-order valence-corrected chi connectivity index (χ3v) is 4.86. The number of nitrogens with zero attached hydrogens (tertiary/aromatic N) is 2. The lowest BCUT2D eigenvalue weighted by atomic mass is 10.1. The van der Waals surface area contributed by atoms with Crippen LogP contribution < -0.4 is 15.6 Å². The van der Waals surface area contributed by atoms with Crippen molar-refractivity contribution in [3.05, 3.63) is 75.2 Å². The number of aromatic amines is 1. The number of hydrogen-bond donors (Lipinski definition) is 2. The minimum absolute atomic E-state index is 0.0905. The molecule has 0 spiro atoms. The van der Waals surface area contributed by atoms with E-state index in [1.54, 1.807) is 43.5 Å². The van der Waals surface area contributed by atoms with Crippen LogP contribution in [0.15, 0.2) is 58.5 Å². The van der Waals surface area contributed by atoms with Crippen LogP contribution in [0.5, 0.6) is 5.75 Å². The fourth-order valence-electron chi connectivity index (χ4n) is 2.33. The Morgan fingerprint density at radius 1 is 1.14 bits per heavy atom. The molecule has 1 heterocycles. The van der Waals surface area contributed by atoms with Gasteiger partial charge in [-0.15, -0.1) is 10.2 Å². The number of hydrogen-bond acceptors (Lipinski definition) is 6. The molecule has 2 aromatic carbocycles. The molecule has 0 aliphatic rings. The molecule has 7 nitrogen and oxygen atoms in total. The van der Waals surface area contributed by atoms with Crippen molar-refractivity contribution in [2.75, 3.05) is 18.2 Å². The first kappa shape index (κ1) is 19.9. The van der Waals surface area contributed by atoms with Crippen LogP contribution in [0, 0.1) is 0 Å². The van der Waals surface area contributed by atoms with Crippen molar-refractivity contribution in [2.45, 2.75) is 11.6 Å². The molecule has 0 aliphatic heterocycles. The molecule has 0 aliphatic carbocycles. The fourth-order valence-corrected chi connectivity index (χ4v) is 3.06. The zero-order valence-corrected chi connectivity index (χ0v) is 16.5. The van der Waals surface area contributed by atoms with Gasteiger partial charge in [-0.25, -0.2) is 0 Å². The van der Waals surface area contributed by atoms with Gasteiger partial charge in [0.1, 0.15) is 11.4 Å². The number of carbonyl (C=O) groups is 1. The Morgan fingerprint density at radius 3 is 2.50 bits per heavy atom. The third kappa shape index (κ3) is 5.58. The Hall–Kier alpha value is -2.84. The highest BCUT2D eigenvalue weighted by molar-refractivity contribution is 7.99. The SMILES string of the molecule is COc1ccc(NC(=O)CSc2nnc(Cc3ccc(Cl)cc3)c(=O)[nH]2)cc1. The fraction of sp³-hybridized carbons (Fsp3) is 0.158. The summed E-state index contributed by atoms with van der Waals surface area (Å²) in [5.74, 6) is 0.578. The van der Waals surface area contributed by atoms with E-state index in [0.717, 1.165) is 17.3 Å². The Morgan fingerprint density at radius 2 is 1.86 bits per heavy atom. The Labute approximate surface area is 170 Å². The smallest absolute Gasteiger partial charge is 0.273 e. The summed E-state index contributed by atoms with van der Waals surface area (Å²) in [5, 5.41) is 11.6. The highest BCUT2D eigenvalue weighted by atomic mass is 35.5. The van der Waals surface area contributed by atoms with Crippen molar-refractivity contribution in [3.8, 4) is 5.75 Å². The van der Waals surface area contributed by atoms with E-state index in [-0.39, 0.29) is 22.4 Å². The average Bonchev–Trinajstić information content (AvgIpc) is 2.70. The van der Waals surface area contributed by atoms with Gasteiger partial charge in [0.25, 0.3) is 5.56 Å². The van der Waals surface area contributed by atoms with Gasteiger partial charge in [0.05, 0.1) is 12.9 Å². The van der Waals surface area contributed by atoms with Crippen LogP contribution in [0.25, 0.3) is 0 Å². The van der Waals surface area contributed by atoms with Gasteiger partial charge in [-0.2, -0.15) is 0 Å². The Bertz CT molecular complexity index is 1010. The third-order valence-electron chi connectivity index (χ3n) is 3.74. The van der Waals surface area contributed by atoms with Crippen LogP contribution in [0.1, 0.15) is 11.3 Å². The lowest BCUT2D eigenvalue weighted by molar-refractivity contribution is -0.113. The van der Waals surface area contributed by atoms with Crippen LogP contribution in [0.4, 0.5) is 5.69 Å². The van der Waals surface area contributed by atoms with E-state index in [9.17, 15) is 9.59 Å². The van der Waals surface area contributed by atoms with Crippen LogP contribution in [-0.4, -0.2) is 34.0 Å². The van der Waals surface area contributed by atoms with Crippen LogP contribution in [-0.2, 0) is 11.2 Å². The molecule has 3 aromatic rings. The van der Waals surface area contributed by atoms with E-state index in [0.29, 0.717) is 28.6 Å². The monoisotopic (exact) mass is 416 g/mol. The maximum Gasteiger partial charge on any atom is 0.273 e. The van der Waals surface area contributed by atoms with Gasteiger partial charge in [0.2, 0.25) is 5.91 Å². The number of carbonyl (C=O) groups excluding carboxylic acids is 1. The maximum absolute atomic E-state index is 12.2. The molecule has 0 radical (unpaired) electrons. The number of amides is 1. The number of thioether (sulfide) groups is 1. The molecule has 28 heavy (non-hydrogen) atoms. The molecule has 144 valence electrons. The maximum atomic E-state index is 12.2. The molecule has 2 N–H and O–H groups in total. The van der Waals surface area contributed by atoms with Crippen molar-refractivity contribution in [2.24, 2.45) is 0 Å². The molecule has 1 amide bonds. The summed E-state index contributed by atoms with van der Waals surface area (Å²) in [6, 6.07) is 14.2. The molecule has 0 unspecified atom stereocenters. The molecule has 0 atom stereocenters. The molecular formula is C19H17ClN4O3S. The van der Waals surface area contributed by atoms with Gasteiger partial charge in [-0.3, -0.25) is 14.6 Å². The van der Waals surface area contributed by atoms with Crippen molar-refractivity contribution in [3.63, 3.8) is 0 Å². The van der Waals surface area contributed by atoms with Gasteiger partial charge >= 0.3 is 0 Å². The number of nitrogens with one attached hydrogen (secondary N) is 2. The quantitative estimate of drug-likeness (QED) is 0.574. The number of H-pyrrole nitrogens is 1. The summed E-state index contributed by atoms with van der Waals surface area (Å²) in [6.45, 7) is 0. The first-order valence-corrected chi connectivity index (χ1v) is 9.67. The first-order valence-electron chi connectivity index (χ1n) is 8.30. The standard InChI is InChI=1S/C19H17ClN4O3S/c1-27-15-8-6-14(7-9-15)21-17(25)11-28-19-22-18(26)16(23-24-19)10-12-2-4-13(20)5-3-12/h2-9H,10-11H2,1H3,(H,21,25)(H,22,24,26). The van der Waals surface area contributed by atoms with Gasteiger partial charge in [0, 0.05) is 17.1 Å². The summed E-state index contributed by atoms with van der Waals surface area (Å²) in [4.78, 5) is 26.9. The number of ether oxygens (including phenoxy) is 1. The topological polar surface area (TPSA) is 97.0 Å². The summed E-state index contributed by atoms with van der Waals surface area (Å²) in [5.41, 5.74) is 1.53. The van der Waals surface area contributed by atoms with E-state index in [1.807, 2.05) is 12.1 Å². The molecular weight excluding hydrogens is 400 g/mol. The van der Waals surface area contributed by atoms with E-state index >= 15 is 0 Å². The molecule has 0 saturated carbocycles. The second kappa shape index (κ2) is 9.38. The van der Waals surface area contributed by atoms with Crippen LogP contribution >= 0.6 is 23.4 Å². The second-order valence-electron chi connectivity index (χ2n) is 5.77. The normalized spacial score (nSPS) is 10.5. The summed E-state index contributed by atoms with van der Waals surface area (Å²) in [7, 11) is 1.58. The molecule has 0 fully saturated rings. The molecule has 1 aromatic heterocycles. The summed E-state index contributed by atoms with van der Waals surface area (Å²) in [6.07, 6.45) is 0.350. The summed E-state index contributed by atoms with van der Waals surface area (Å²) >= 11 is 6.96. The van der Waals surface area contributed by atoms with Gasteiger partial charge in [-0.1, -0.05) is 35.5 Å². The van der Waals surface area contributed by atoms with Crippen molar-refractivity contribution >= 4 is 35.0 Å². The highest BCUT2D eigenvalue weighted by Gasteiger charge is 2.09. The highest BCUT2D eigenvalue weighted by Crippen LogP contribution is 2.16. The molecule has 3 rings (SSSR count). The number of rotatable bonds is 7. The lowest BCUT2D eigenvalue weighted by Gasteiger charge is -2.06. The number of halogens is 1. The van der Waals surface area contributed by atoms with E-state index in [4.69, 9.17) is 16.3 Å². The largest absolute Gasteiger partial charge is 0.497 e. The molecule has 9 heteroatoms. The Kier molecular flexibility index (Phi) is 6.67. The van der Waals surface area contributed by atoms with Crippen LogP contribution in [0.2, 0.25) is 5.02 Å². The van der Waals surface area contributed by atoms with E-state index in [1.165, 1.54) is 0 Å². The van der Waals surface area contributed by atoms with Crippen molar-refractivity contribution in [1.82, 2.24) is 15.2 Å². The summed E-state index contributed by atoms with van der Waals surface area (Å²) < 4.78 is 5.07. The zero-order chi connectivity index (χ0) is 19.9. The predicted molar refractivity (Wildman–Crippen MR) is 109 cm³/mol. The number of methoxy groups -OCH3 is 1. The van der Waals surface area contributed by atoms with Crippen LogP contribution in [0.3, 0.4) is 0 Å². The average molecular weight is 417 g/mol.